The Balaban J connectivity index is 1.90. The third-order valence-electron chi connectivity index (χ3n) is 5.43. The first-order chi connectivity index (χ1) is 14.0. The Morgan fingerprint density at radius 2 is 2.21 bits per heavy atom. The lowest BCUT2D eigenvalue weighted by molar-refractivity contribution is 0.0999. The van der Waals surface area contributed by atoms with Gasteiger partial charge in [-0.05, 0) is 37.6 Å². The van der Waals surface area contributed by atoms with Crippen LogP contribution < -0.4 is 10.5 Å². The van der Waals surface area contributed by atoms with Crippen LogP contribution in [0.25, 0.3) is 11.0 Å². The topological polar surface area (TPSA) is 128 Å². The number of primary amides is 1. The smallest absolute Gasteiger partial charge is 0.252 e. The van der Waals surface area contributed by atoms with Gasteiger partial charge in [-0.3, -0.25) is 4.79 Å². The second-order valence-electron chi connectivity index (χ2n) is 7.23. The number of pyridine rings is 1. The number of aliphatic hydroxyl groups excluding tert-OH is 1. The summed E-state index contributed by atoms with van der Waals surface area (Å²) in [6.07, 6.45) is 2.04. The van der Waals surface area contributed by atoms with E-state index >= 15 is 0 Å². The lowest BCUT2D eigenvalue weighted by atomic mass is 9.77. The fraction of sp³-hybridized carbons (Fsp3) is 0.333. The Morgan fingerprint density at radius 3 is 2.86 bits per heavy atom. The van der Waals surface area contributed by atoms with Gasteiger partial charge in [0.2, 0.25) is 5.88 Å². The molecule has 1 fully saturated rings. The molecule has 1 aromatic carbocycles. The van der Waals surface area contributed by atoms with Crippen LogP contribution >= 0.6 is 0 Å². The standard InChI is InChI=1S/C21H22N2O6/c1-12-16(19(22)25)17-14(29-12)4-5-15(18(17)21(10-24)6-8-27-11-21)28-9-13-3-2-7-23-20(13)26/h2-5,7,24H,6,8-11H2,1H3,(H2,22,25)(H,23,26). The van der Waals surface area contributed by atoms with E-state index in [1.54, 1.807) is 31.2 Å². The van der Waals surface area contributed by atoms with Crippen LogP contribution in [0.4, 0.5) is 0 Å². The number of amides is 1. The molecule has 8 nitrogen and oxygen atoms in total. The number of hydrogen-bond donors (Lipinski definition) is 3. The number of carbonyl (C=O) groups is 1. The number of benzene rings is 1. The predicted molar refractivity (Wildman–Crippen MR) is 104 cm³/mol. The highest BCUT2D eigenvalue weighted by Gasteiger charge is 2.41. The van der Waals surface area contributed by atoms with Crippen LogP contribution in [0.1, 0.15) is 33.7 Å². The molecule has 0 spiro atoms. The molecule has 29 heavy (non-hydrogen) atoms. The quantitative estimate of drug-likeness (QED) is 0.580. The monoisotopic (exact) mass is 398 g/mol. The molecule has 1 aliphatic heterocycles. The highest BCUT2D eigenvalue weighted by atomic mass is 16.5. The summed E-state index contributed by atoms with van der Waals surface area (Å²) in [6.45, 7) is 2.29. The van der Waals surface area contributed by atoms with Crippen molar-refractivity contribution in [3.8, 4) is 11.6 Å². The van der Waals surface area contributed by atoms with Gasteiger partial charge in [0.1, 0.15) is 23.7 Å². The molecule has 1 saturated heterocycles. The number of aliphatic hydroxyl groups is 1. The van der Waals surface area contributed by atoms with Crippen molar-refractivity contribution in [2.24, 2.45) is 5.73 Å². The van der Waals surface area contributed by atoms with E-state index in [-0.39, 0.29) is 31.3 Å². The van der Waals surface area contributed by atoms with Crippen LogP contribution in [0.3, 0.4) is 0 Å². The van der Waals surface area contributed by atoms with Gasteiger partial charge in [0, 0.05) is 29.2 Å². The maximum atomic E-state index is 12.2. The maximum absolute atomic E-state index is 12.2. The summed E-state index contributed by atoms with van der Waals surface area (Å²) in [5, 5.41) is 20.7. The number of carbonyl (C=O) groups excluding carboxylic acids is 1. The third-order valence-corrected chi connectivity index (χ3v) is 5.43. The number of fused-ring (bicyclic) bond motifs is 1. The Morgan fingerprint density at radius 1 is 1.38 bits per heavy atom. The van der Waals surface area contributed by atoms with E-state index in [2.05, 4.69) is 4.98 Å². The Bertz CT molecular complexity index is 1070. The number of hydrogen-bond acceptors (Lipinski definition) is 7. The molecular weight excluding hydrogens is 376 g/mol. The normalized spacial score (nSPS) is 19.0. The summed E-state index contributed by atoms with van der Waals surface area (Å²) < 4.78 is 17.4. The van der Waals surface area contributed by atoms with Crippen molar-refractivity contribution in [2.75, 3.05) is 19.8 Å². The van der Waals surface area contributed by atoms with E-state index in [0.29, 0.717) is 46.6 Å². The fourth-order valence-electron chi connectivity index (χ4n) is 3.94. The summed E-state index contributed by atoms with van der Waals surface area (Å²) in [5.74, 6) is 0.135. The Hall–Kier alpha value is -3.10. The molecule has 1 atom stereocenters. The number of rotatable bonds is 6. The number of ether oxygens (including phenoxy) is 2. The van der Waals surface area contributed by atoms with Gasteiger partial charge in [0.05, 0.1) is 24.3 Å². The molecule has 0 bridgehead atoms. The lowest BCUT2D eigenvalue weighted by Gasteiger charge is -2.28. The van der Waals surface area contributed by atoms with E-state index in [9.17, 15) is 15.0 Å². The van der Waals surface area contributed by atoms with Gasteiger partial charge >= 0.3 is 0 Å². The number of aromatic hydroxyl groups is 1. The van der Waals surface area contributed by atoms with Crippen molar-refractivity contribution in [1.82, 2.24) is 4.98 Å². The van der Waals surface area contributed by atoms with Gasteiger partial charge in [-0.1, -0.05) is 0 Å². The van der Waals surface area contributed by atoms with Crippen molar-refractivity contribution < 1.29 is 28.9 Å². The molecule has 0 radical (unpaired) electrons. The van der Waals surface area contributed by atoms with E-state index in [1.807, 2.05) is 0 Å². The molecule has 4 N–H and O–H groups in total. The highest BCUT2D eigenvalue weighted by molar-refractivity contribution is 6.08. The molecule has 2 aromatic heterocycles. The average molecular weight is 398 g/mol. The van der Waals surface area contributed by atoms with Crippen LogP contribution in [0.2, 0.25) is 0 Å². The zero-order chi connectivity index (χ0) is 20.6. The first-order valence-corrected chi connectivity index (χ1v) is 9.27. The van der Waals surface area contributed by atoms with Crippen molar-refractivity contribution in [3.63, 3.8) is 0 Å². The van der Waals surface area contributed by atoms with Gasteiger partial charge in [-0.2, -0.15) is 0 Å². The number of aryl methyl sites for hydroxylation is 1. The van der Waals surface area contributed by atoms with Gasteiger partial charge in [0.25, 0.3) is 5.91 Å². The summed E-state index contributed by atoms with van der Waals surface area (Å²) in [7, 11) is 0. The molecule has 1 aliphatic rings. The average Bonchev–Trinajstić information content (AvgIpc) is 3.31. The van der Waals surface area contributed by atoms with Crippen LogP contribution in [0.5, 0.6) is 11.6 Å². The zero-order valence-corrected chi connectivity index (χ0v) is 16.0. The first-order valence-electron chi connectivity index (χ1n) is 9.27. The van der Waals surface area contributed by atoms with Crippen LogP contribution in [-0.4, -0.2) is 40.9 Å². The molecule has 8 heteroatoms. The number of aromatic nitrogens is 1. The first kappa shape index (κ1) is 19.2. The number of furan rings is 1. The molecule has 152 valence electrons. The Kier molecular flexibility index (Phi) is 4.89. The summed E-state index contributed by atoms with van der Waals surface area (Å²) in [5.41, 5.74) is 6.78. The Labute approximate surface area is 166 Å². The molecule has 1 amide bonds. The van der Waals surface area contributed by atoms with E-state index in [0.717, 1.165) is 0 Å². The van der Waals surface area contributed by atoms with Crippen LogP contribution in [0, 0.1) is 6.92 Å². The van der Waals surface area contributed by atoms with Gasteiger partial charge in [0.15, 0.2) is 0 Å². The summed E-state index contributed by atoms with van der Waals surface area (Å²) in [6, 6.07) is 6.84. The zero-order valence-electron chi connectivity index (χ0n) is 16.0. The molecule has 0 saturated carbocycles. The van der Waals surface area contributed by atoms with Crippen LogP contribution in [0.15, 0.2) is 34.9 Å². The third kappa shape index (κ3) is 3.20. The van der Waals surface area contributed by atoms with E-state index in [4.69, 9.17) is 19.6 Å². The number of nitrogens with zero attached hydrogens (tertiary/aromatic N) is 1. The molecule has 1 unspecified atom stereocenters. The SMILES string of the molecule is Cc1oc2ccc(OCc3cccnc3O)c(C3(CO)CCOC3)c2c1C(N)=O. The van der Waals surface area contributed by atoms with Crippen molar-refractivity contribution >= 4 is 16.9 Å². The second-order valence-corrected chi connectivity index (χ2v) is 7.23. The van der Waals surface area contributed by atoms with E-state index in [1.165, 1.54) is 6.20 Å². The second kappa shape index (κ2) is 7.38. The largest absolute Gasteiger partial charge is 0.493 e. The maximum Gasteiger partial charge on any atom is 0.252 e. The summed E-state index contributed by atoms with van der Waals surface area (Å²) in [4.78, 5) is 16.0. The fourth-order valence-corrected chi connectivity index (χ4v) is 3.94. The summed E-state index contributed by atoms with van der Waals surface area (Å²) >= 11 is 0. The van der Waals surface area contributed by atoms with Crippen molar-refractivity contribution in [3.05, 3.63) is 52.9 Å². The molecule has 3 aromatic rings. The van der Waals surface area contributed by atoms with Gasteiger partial charge < -0.3 is 29.8 Å². The van der Waals surface area contributed by atoms with Crippen LogP contribution in [-0.2, 0) is 16.8 Å². The molecule has 4 rings (SSSR count). The van der Waals surface area contributed by atoms with Gasteiger partial charge in [-0.15, -0.1) is 0 Å². The minimum Gasteiger partial charge on any atom is -0.493 e. The predicted octanol–water partition coefficient (Wildman–Crippen LogP) is 2.17. The lowest BCUT2D eigenvalue weighted by Crippen LogP contribution is -2.32. The minimum absolute atomic E-state index is 0.0588. The van der Waals surface area contributed by atoms with Crippen molar-refractivity contribution in [2.45, 2.75) is 25.4 Å². The molecule has 3 heterocycles. The molecular formula is C21H22N2O6. The van der Waals surface area contributed by atoms with Crippen molar-refractivity contribution in [1.29, 1.82) is 0 Å². The highest BCUT2D eigenvalue weighted by Crippen LogP contribution is 2.45. The van der Waals surface area contributed by atoms with Gasteiger partial charge in [-0.25, -0.2) is 4.98 Å². The minimum atomic E-state index is -0.758. The van der Waals surface area contributed by atoms with E-state index < -0.39 is 11.3 Å². The molecule has 0 aliphatic carbocycles. The number of nitrogens with two attached hydrogens (primary N) is 1.